The molecule has 0 spiro atoms. The van der Waals surface area contributed by atoms with Gasteiger partial charge >= 0.3 is 0 Å². The van der Waals surface area contributed by atoms with Gasteiger partial charge in [-0.05, 0) is 36.2 Å². The summed E-state index contributed by atoms with van der Waals surface area (Å²) < 4.78 is 6.95. The maximum absolute atomic E-state index is 12.8. The summed E-state index contributed by atoms with van der Waals surface area (Å²) in [5.74, 6) is 1.22. The van der Waals surface area contributed by atoms with Crippen molar-refractivity contribution in [3.05, 3.63) is 81.4 Å². The van der Waals surface area contributed by atoms with Gasteiger partial charge in [0.05, 0.1) is 12.8 Å². The molecule has 0 unspecified atom stereocenters. The van der Waals surface area contributed by atoms with Gasteiger partial charge in [0.15, 0.2) is 5.03 Å². The predicted octanol–water partition coefficient (Wildman–Crippen LogP) is 4.50. The standard InChI is InChI=1S/C19H17ClN2O2S/c1-13-7-8-17(24-2)16(11-13)22-10-9-21-18(19(22)23)25-12-14-5-3-4-6-15(14)20/h3-11H,12H2,1-2H3. The van der Waals surface area contributed by atoms with Crippen molar-refractivity contribution >= 4 is 23.4 Å². The molecule has 3 aromatic rings. The highest BCUT2D eigenvalue weighted by Gasteiger charge is 2.12. The lowest BCUT2D eigenvalue weighted by Crippen LogP contribution is -2.21. The number of thioether (sulfide) groups is 1. The molecule has 1 aromatic heterocycles. The molecule has 25 heavy (non-hydrogen) atoms. The second-order valence-electron chi connectivity index (χ2n) is 5.46. The molecule has 0 atom stereocenters. The molecule has 0 N–H and O–H groups in total. The van der Waals surface area contributed by atoms with Crippen molar-refractivity contribution in [3.8, 4) is 11.4 Å². The van der Waals surface area contributed by atoms with Crippen LogP contribution in [0.1, 0.15) is 11.1 Å². The first-order valence-electron chi connectivity index (χ1n) is 7.69. The van der Waals surface area contributed by atoms with Crippen LogP contribution in [0.2, 0.25) is 5.02 Å². The molecule has 0 aliphatic heterocycles. The molecule has 0 fully saturated rings. The molecule has 0 radical (unpaired) electrons. The number of aryl methyl sites for hydroxylation is 1. The Morgan fingerprint density at radius 3 is 2.80 bits per heavy atom. The van der Waals surface area contributed by atoms with Gasteiger partial charge < -0.3 is 4.74 Å². The minimum Gasteiger partial charge on any atom is -0.495 e. The van der Waals surface area contributed by atoms with E-state index < -0.39 is 0 Å². The van der Waals surface area contributed by atoms with Crippen LogP contribution in [0.5, 0.6) is 5.75 Å². The van der Waals surface area contributed by atoms with Gasteiger partial charge in [-0.3, -0.25) is 9.36 Å². The number of hydrogen-bond donors (Lipinski definition) is 0. The van der Waals surface area contributed by atoms with Crippen LogP contribution < -0.4 is 10.3 Å². The second kappa shape index (κ2) is 7.76. The fourth-order valence-corrected chi connectivity index (χ4v) is 3.62. The smallest absolute Gasteiger partial charge is 0.287 e. The van der Waals surface area contributed by atoms with E-state index in [2.05, 4.69) is 4.98 Å². The van der Waals surface area contributed by atoms with Gasteiger partial charge in [0, 0.05) is 23.2 Å². The zero-order valence-corrected chi connectivity index (χ0v) is 15.5. The summed E-state index contributed by atoms with van der Waals surface area (Å²) in [7, 11) is 1.59. The van der Waals surface area contributed by atoms with Gasteiger partial charge in [-0.1, -0.05) is 47.6 Å². The molecular formula is C19H17ClN2O2S. The predicted molar refractivity (Wildman–Crippen MR) is 102 cm³/mol. The van der Waals surface area contributed by atoms with E-state index >= 15 is 0 Å². The van der Waals surface area contributed by atoms with Crippen LogP contribution in [0.15, 0.2) is 64.7 Å². The average molecular weight is 373 g/mol. The Hall–Kier alpha value is -2.24. The summed E-state index contributed by atoms with van der Waals surface area (Å²) in [6.45, 7) is 1.97. The van der Waals surface area contributed by atoms with Crippen LogP contribution in [-0.4, -0.2) is 16.7 Å². The van der Waals surface area contributed by atoms with Gasteiger partial charge in [0.1, 0.15) is 5.75 Å². The molecule has 6 heteroatoms. The van der Waals surface area contributed by atoms with Crippen molar-refractivity contribution in [1.82, 2.24) is 9.55 Å². The van der Waals surface area contributed by atoms with E-state index in [9.17, 15) is 4.79 Å². The maximum Gasteiger partial charge on any atom is 0.287 e. The second-order valence-corrected chi connectivity index (χ2v) is 6.83. The van der Waals surface area contributed by atoms with Crippen molar-refractivity contribution in [2.45, 2.75) is 17.7 Å². The Kier molecular flexibility index (Phi) is 5.46. The lowest BCUT2D eigenvalue weighted by atomic mass is 10.2. The monoisotopic (exact) mass is 372 g/mol. The van der Waals surface area contributed by atoms with E-state index in [1.54, 1.807) is 24.1 Å². The number of benzene rings is 2. The van der Waals surface area contributed by atoms with Crippen LogP contribution in [0.3, 0.4) is 0 Å². The number of aromatic nitrogens is 2. The van der Waals surface area contributed by atoms with Crippen LogP contribution in [0, 0.1) is 6.92 Å². The van der Waals surface area contributed by atoms with Gasteiger partial charge in [-0.15, -0.1) is 0 Å². The number of halogens is 1. The number of methoxy groups -OCH3 is 1. The Bertz CT molecular complexity index is 956. The highest BCUT2D eigenvalue weighted by atomic mass is 35.5. The molecule has 0 saturated heterocycles. The van der Waals surface area contributed by atoms with Crippen molar-refractivity contribution in [1.29, 1.82) is 0 Å². The number of ether oxygens (including phenoxy) is 1. The summed E-state index contributed by atoms with van der Waals surface area (Å²) in [6, 6.07) is 13.3. The summed E-state index contributed by atoms with van der Waals surface area (Å²) in [5.41, 5.74) is 2.54. The van der Waals surface area contributed by atoms with Gasteiger partial charge in [0.25, 0.3) is 5.56 Å². The van der Waals surface area contributed by atoms with E-state index in [-0.39, 0.29) is 5.56 Å². The summed E-state index contributed by atoms with van der Waals surface area (Å²) in [5, 5.41) is 1.11. The zero-order valence-electron chi connectivity index (χ0n) is 13.9. The van der Waals surface area contributed by atoms with Crippen LogP contribution in [0.4, 0.5) is 0 Å². The third kappa shape index (κ3) is 3.89. The van der Waals surface area contributed by atoms with E-state index in [0.29, 0.717) is 27.2 Å². The molecule has 4 nitrogen and oxygen atoms in total. The molecular weight excluding hydrogens is 356 g/mol. The fourth-order valence-electron chi connectivity index (χ4n) is 2.43. The number of nitrogens with zero attached hydrogens (tertiary/aromatic N) is 2. The van der Waals surface area contributed by atoms with E-state index in [1.165, 1.54) is 11.8 Å². The zero-order chi connectivity index (χ0) is 17.8. The third-order valence-corrected chi connectivity index (χ3v) is 5.10. The Labute approximate surface area is 155 Å². The minimum absolute atomic E-state index is 0.177. The lowest BCUT2D eigenvalue weighted by Gasteiger charge is -2.12. The SMILES string of the molecule is COc1ccc(C)cc1-n1ccnc(SCc2ccccc2Cl)c1=O. The summed E-state index contributed by atoms with van der Waals surface area (Å²) >= 11 is 7.55. The summed E-state index contributed by atoms with van der Waals surface area (Å²) in [6.07, 6.45) is 3.28. The normalized spacial score (nSPS) is 10.7. The molecule has 0 aliphatic carbocycles. The lowest BCUT2D eigenvalue weighted by molar-refractivity contribution is 0.412. The maximum atomic E-state index is 12.8. The molecule has 0 saturated carbocycles. The van der Waals surface area contributed by atoms with Crippen molar-refractivity contribution in [3.63, 3.8) is 0 Å². The first-order valence-corrected chi connectivity index (χ1v) is 9.05. The van der Waals surface area contributed by atoms with E-state index in [4.69, 9.17) is 16.3 Å². The Morgan fingerprint density at radius 1 is 1.24 bits per heavy atom. The first-order chi connectivity index (χ1) is 12.1. The topological polar surface area (TPSA) is 44.1 Å². The van der Waals surface area contributed by atoms with Crippen molar-refractivity contribution < 1.29 is 4.74 Å². The molecule has 0 aliphatic rings. The molecule has 2 aromatic carbocycles. The van der Waals surface area contributed by atoms with Gasteiger partial charge in [0.2, 0.25) is 0 Å². The average Bonchev–Trinajstić information content (AvgIpc) is 2.62. The van der Waals surface area contributed by atoms with Gasteiger partial charge in [-0.25, -0.2) is 4.98 Å². The fraction of sp³-hybridized carbons (Fsp3) is 0.158. The quantitative estimate of drug-likeness (QED) is 0.619. The molecule has 0 bridgehead atoms. The highest BCUT2D eigenvalue weighted by molar-refractivity contribution is 7.98. The highest BCUT2D eigenvalue weighted by Crippen LogP contribution is 2.25. The largest absolute Gasteiger partial charge is 0.495 e. The van der Waals surface area contributed by atoms with Crippen LogP contribution >= 0.6 is 23.4 Å². The summed E-state index contributed by atoms with van der Waals surface area (Å²) in [4.78, 5) is 17.1. The minimum atomic E-state index is -0.177. The molecule has 0 amide bonds. The Morgan fingerprint density at radius 2 is 2.04 bits per heavy atom. The van der Waals surface area contributed by atoms with E-state index in [0.717, 1.165) is 11.1 Å². The molecule has 3 rings (SSSR count). The van der Waals surface area contributed by atoms with Crippen LogP contribution in [-0.2, 0) is 5.75 Å². The molecule has 1 heterocycles. The third-order valence-electron chi connectivity index (χ3n) is 3.73. The van der Waals surface area contributed by atoms with Crippen molar-refractivity contribution in [2.75, 3.05) is 7.11 Å². The number of hydrogen-bond acceptors (Lipinski definition) is 4. The van der Waals surface area contributed by atoms with Crippen LogP contribution in [0.25, 0.3) is 5.69 Å². The molecule has 128 valence electrons. The van der Waals surface area contributed by atoms with Crippen molar-refractivity contribution in [2.24, 2.45) is 0 Å². The van der Waals surface area contributed by atoms with Gasteiger partial charge in [-0.2, -0.15) is 0 Å². The number of rotatable bonds is 5. The van der Waals surface area contributed by atoms with E-state index in [1.807, 2.05) is 49.4 Å². The first kappa shape index (κ1) is 17.6. The Balaban J connectivity index is 1.95.